The van der Waals surface area contributed by atoms with Gasteiger partial charge in [-0.1, -0.05) is 44.2 Å². The maximum atomic E-state index is 14.2. The molecule has 1 aromatic rings. The molecule has 3 rings (SSSR count). The van der Waals surface area contributed by atoms with Crippen LogP contribution in [0.1, 0.15) is 32.3 Å². The van der Waals surface area contributed by atoms with Crippen molar-refractivity contribution >= 4 is 35.4 Å². The first-order valence-electron chi connectivity index (χ1n) is 14.3. The van der Waals surface area contributed by atoms with Gasteiger partial charge in [-0.2, -0.15) is 0 Å². The van der Waals surface area contributed by atoms with Crippen molar-refractivity contribution in [1.82, 2.24) is 31.1 Å². The zero-order valence-corrected chi connectivity index (χ0v) is 25.0. The molecule has 5 atom stereocenters. The highest BCUT2D eigenvalue weighted by Gasteiger charge is 2.44. The summed E-state index contributed by atoms with van der Waals surface area (Å²) in [7, 11) is 2.81. The number of hydrogen-bond donors (Lipinski definition) is 5. The van der Waals surface area contributed by atoms with Gasteiger partial charge in [0, 0.05) is 39.6 Å². The zero-order chi connectivity index (χ0) is 31.7. The zero-order valence-electron chi connectivity index (χ0n) is 25.0. The number of carbonyl (C=O) groups is 6. The Balaban J connectivity index is 2.02. The molecule has 0 unspecified atom stereocenters. The van der Waals surface area contributed by atoms with Gasteiger partial charge < -0.3 is 40.9 Å². The number of hydrogen-bond acceptors (Lipinski definition) is 8. The monoisotopic (exact) mass is 602 g/mol. The third-order valence-electron chi connectivity index (χ3n) is 7.50. The Labute approximate surface area is 250 Å². The second-order valence-corrected chi connectivity index (χ2v) is 11.2. The van der Waals surface area contributed by atoms with Gasteiger partial charge in [-0.05, 0) is 17.9 Å². The van der Waals surface area contributed by atoms with Gasteiger partial charge in [-0.15, -0.1) is 0 Å². The Morgan fingerprint density at radius 1 is 1.02 bits per heavy atom. The van der Waals surface area contributed by atoms with Crippen LogP contribution in [-0.2, 0) is 39.9 Å². The molecule has 2 saturated heterocycles. The fourth-order valence-corrected chi connectivity index (χ4v) is 5.21. The third-order valence-corrected chi connectivity index (χ3v) is 7.50. The number of benzene rings is 1. The van der Waals surface area contributed by atoms with Crippen molar-refractivity contribution in [3.8, 4) is 0 Å². The summed E-state index contributed by atoms with van der Waals surface area (Å²) in [6.07, 6.45) is 0.222. The molecule has 5 N–H and O–H groups in total. The van der Waals surface area contributed by atoms with E-state index in [2.05, 4.69) is 21.3 Å². The topological polar surface area (TPSA) is 186 Å². The minimum absolute atomic E-state index is 0.0290. The maximum absolute atomic E-state index is 14.2. The van der Waals surface area contributed by atoms with E-state index in [1.165, 1.54) is 19.1 Å². The van der Waals surface area contributed by atoms with Gasteiger partial charge in [0.2, 0.25) is 35.4 Å². The van der Waals surface area contributed by atoms with Crippen molar-refractivity contribution in [2.24, 2.45) is 5.92 Å². The third kappa shape index (κ3) is 8.97. The fraction of sp³-hybridized carbons (Fsp3) is 0.586. The molecular weight excluding hydrogens is 560 g/mol. The van der Waals surface area contributed by atoms with Gasteiger partial charge in [0.15, 0.2) is 0 Å². The molecule has 0 aromatic heterocycles. The lowest BCUT2D eigenvalue weighted by Crippen LogP contribution is -2.58. The lowest BCUT2D eigenvalue weighted by molar-refractivity contribution is -0.143. The van der Waals surface area contributed by atoms with Crippen LogP contribution in [0.5, 0.6) is 0 Å². The number of rotatable bonds is 8. The number of amides is 6. The quantitative estimate of drug-likeness (QED) is 0.224. The van der Waals surface area contributed by atoms with Gasteiger partial charge in [0.1, 0.15) is 24.2 Å². The molecule has 2 heterocycles. The normalized spacial score (nSPS) is 25.8. The van der Waals surface area contributed by atoms with Gasteiger partial charge in [-0.25, -0.2) is 0 Å². The molecule has 14 heteroatoms. The van der Waals surface area contributed by atoms with E-state index >= 15 is 0 Å². The molecule has 0 bridgehead atoms. The second kappa shape index (κ2) is 15.4. The minimum atomic E-state index is -1.39. The number of fused-ring (bicyclic) bond motifs is 1. The first-order chi connectivity index (χ1) is 20.4. The van der Waals surface area contributed by atoms with E-state index in [1.807, 2.05) is 6.07 Å². The summed E-state index contributed by atoms with van der Waals surface area (Å²) in [4.78, 5) is 81.9. The molecule has 2 aliphatic rings. The summed E-state index contributed by atoms with van der Waals surface area (Å²) in [6.45, 7) is 2.45. The van der Waals surface area contributed by atoms with Crippen LogP contribution in [0.4, 0.5) is 0 Å². The summed E-state index contributed by atoms with van der Waals surface area (Å²) >= 11 is 0. The number of nitrogens with zero attached hydrogens (tertiary/aromatic N) is 2. The molecule has 0 radical (unpaired) electrons. The summed E-state index contributed by atoms with van der Waals surface area (Å²) < 4.78 is 4.96. The Hall–Kier alpha value is -4.04. The largest absolute Gasteiger partial charge is 0.394 e. The molecular formula is C29H42N6O8. The molecule has 0 aliphatic carbocycles. The van der Waals surface area contributed by atoms with Crippen LogP contribution >= 0.6 is 0 Å². The Bertz CT molecular complexity index is 1180. The van der Waals surface area contributed by atoms with Crippen molar-refractivity contribution in [3.05, 3.63) is 35.9 Å². The average molecular weight is 603 g/mol. The van der Waals surface area contributed by atoms with E-state index in [-0.39, 0.29) is 44.2 Å². The van der Waals surface area contributed by atoms with E-state index in [0.717, 1.165) is 10.5 Å². The van der Waals surface area contributed by atoms with Crippen LogP contribution in [0.15, 0.2) is 30.3 Å². The van der Waals surface area contributed by atoms with Crippen molar-refractivity contribution in [1.29, 1.82) is 0 Å². The summed E-state index contributed by atoms with van der Waals surface area (Å²) in [6, 6.07) is 3.78. The van der Waals surface area contributed by atoms with Crippen LogP contribution in [0, 0.1) is 5.92 Å². The van der Waals surface area contributed by atoms with Crippen LogP contribution in [0.2, 0.25) is 0 Å². The van der Waals surface area contributed by atoms with Crippen molar-refractivity contribution in [2.45, 2.75) is 63.3 Å². The minimum Gasteiger partial charge on any atom is -0.394 e. The summed E-state index contributed by atoms with van der Waals surface area (Å²) in [5.74, 6) is -3.93. The van der Waals surface area contributed by atoms with Gasteiger partial charge in [-0.3, -0.25) is 28.8 Å². The molecule has 1 aromatic carbocycles. The Kier molecular flexibility index (Phi) is 12.0. The second-order valence-electron chi connectivity index (χ2n) is 11.2. The predicted octanol–water partition coefficient (Wildman–Crippen LogP) is -2.07. The van der Waals surface area contributed by atoms with Crippen LogP contribution in [-0.4, -0.2) is 121 Å². The van der Waals surface area contributed by atoms with Gasteiger partial charge in [0.05, 0.1) is 19.8 Å². The van der Waals surface area contributed by atoms with Crippen molar-refractivity contribution in [2.75, 3.05) is 40.5 Å². The van der Waals surface area contributed by atoms with E-state index in [1.54, 1.807) is 38.1 Å². The van der Waals surface area contributed by atoms with Gasteiger partial charge >= 0.3 is 0 Å². The predicted molar refractivity (Wildman–Crippen MR) is 154 cm³/mol. The molecule has 14 nitrogen and oxygen atoms in total. The SMILES string of the molecule is COCCC(=O)N[C@H]1C[C@H]2C(=O)N[C@@H](CO)C(=O)N(C)CC(=O)N[C@H](C(C)C)C(=O)N[C@@H](Cc3ccccc3)C(=O)N2C1. The van der Waals surface area contributed by atoms with Crippen LogP contribution in [0.25, 0.3) is 0 Å². The maximum Gasteiger partial charge on any atom is 0.247 e. The first kappa shape index (κ1) is 33.5. The van der Waals surface area contributed by atoms with Crippen LogP contribution in [0.3, 0.4) is 0 Å². The molecule has 2 aliphatic heterocycles. The Morgan fingerprint density at radius 2 is 1.70 bits per heavy atom. The van der Waals surface area contributed by atoms with Crippen molar-refractivity contribution < 1.29 is 38.6 Å². The molecule has 0 saturated carbocycles. The molecule has 2 fully saturated rings. The van der Waals surface area contributed by atoms with E-state index in [0.29, 0.717) is 0 Å². The molecule has 43 heavy (non-hydrogen) atoms. The van der Waals surface area contributed by atoms with Crippen LogP contribution < -0.4 is 21.3 Å². The summed E-state index contributed by atoms with van der Waals surface area (Å²) in [5, 5.41) is 20.7. The standard InChI is InChI=1S/C29H42N6O8/c1-17(2)25-27(40)31-20(12-18-8-6-5-7-9-18)29(42)35-14-19(30-23(37)10-11-43-4)13-22(35)26(39)32-21(16-36)28(41)34(3)15-24(38)33-25/h5-9,17,19-22,25,36H,10-16H2,1-4H3,(H,30,37)(H,31,40)(H,32,39)(H,33,38)/t19-,20-,21-,22-,25+/m0/s1. The van der Waals surface area contributed by atoms with Crippen molar-refractivity contribution in [3.63, 3.8) is 0 Å². The fourth-order valence-electron chi connectivity index (χ4n) is 5.21. The number of carbonyl (C=O) groups excluding carboxylic acids is 6. The highest BCUT2D eigenvalue weighted by molar-refractivity contribution is 5.97. The lowest BCUT2D eigenvalue weighted by Gasteiger charge is -2.30. The highest BCUT2D eigenvalue weighted by atomic mass is 16.5. The average Bonchev–Trinajstić information content (AvgIpc) is 3.39. The molecule has 0 spiro atoms. The van der Waals surface area contributed by atoms with E-state index in [4.69, 9.17) is 4.74 Å². The van der Waals surface area contributed by atoms with E-state index in [9.17, 15) is 33.9 Å². The number of likely N-dealkylation sites (N-methyl/N-ethyl adjacent to an activating group) is 1. The Morgan fingerprint density at radius 3 is 2.33 bits per heavy atom. The smallest absolute Gasteiger partial charge is 0.247 e. The van der Waals surface area contributed by atoms with Gasteiger partial charge in [0.25, 0.3) is 0 Å². The molecule has 6 amide bonds. The van der Waals surface area contributed by atoms with E-state index < -0.39 is 72.9 Å². The number of methoxy groups -OCH3 is 1. The molecule has 236 valence electrons. The lowest BCUT2D eigenvalue weighted by atomic mass is 10.0. The number of ether oxygens (including phenoxy) is 1. The number of nitrogens with one attached hydrogen (secondary N) is 4. The number of aliphatic hydroxyl groups is 1. The summed E-state index contributed by atoms with van der Waals surface area (Å²) in [5.41, 5.74) is 0.751. The first-order valence-corrected chi connectivity index (χ1v) is 14.3. The number of aliphatic hydroxyl groups excluding tert-OH is 1. The highest BCUT2D eigenvalue weighted by Crippen LogP contribution is 2.22.